The van der Waals surface area contributed by atoms with Gasteiger partial charge in [0.05, 0.1) is 0 Å². The highest BCUT2D eigenvalue weighted by Crippen LogP contribution is 2.24. The van der Waals surface area contributed by atoms with Crippen LogP contribution in [0, 0.1) is 6.92 Å². The monoisotopic (exact) mass is 323 g/mol. The Bertz CT molecular complexity index is 534. The highest BCUT2D eigenvalue weighted by atomic mass is 79.9. The van der Waals surface area contributed by atoms with Crippen LogP contribution < -0.4 is 5.73 Å². The normalized spacial score (nSPS) is 12.4. The molecule has 0 aliphatic rings. The van der Waals surface area contributed by atoms with E-state index in [2.05, 4.69) is 41.1 Å². The summed E-state index contributed by atoms with van der Waals surface area (Å²) in [5, 5.41) is 0.777. The summed E-state index contributed by atoms with van der Waals surface area (Å²) in [5.74, 6) is 0. The van der Waals surface area contributed by atoms with Gasteiger partial charge in [-0.25, -0.2) is 0 Å². The third-order valence-corrected chi connectivity index (χ3v) is 3.72. The fraction of sp³-hybridized carbons (Fsp3) is 0.200. The zero-order valence-corrected chi connectivity index (χ0v) is 12.5. The molecule has 0 saturated heterocycles. The van der Waals surface area contributed by atoms with Crippen molar-refractivity contribution in [3.05, 3.63) is 68.7 Å². The van der Waals surface area contributed by atoms with Crippen molar-refractivity contribution in [1.29, 1.82) is 0 Å². The molecule has 18 heavy (non-hydrogen) atoms. The van der Waals surface area contributed by atoms with E-state index in [9.17, 15) is 0 Å². The summed E-state index contributed by atoms with van der Waals surface area (Å²) in [6, 6.07) is 14.1. The first-order valence-electron chi connectivity index (χ1n) is 5.82. The molecule has 0 bridgehead atoms. The van der Waals surface area contributed by atoms with E-state index in [4.69, 9.17) is 17.3 Å². The Morgan fingerprint density at radius 3 is 2.61 bits per heavy atom. The Hall–Kier alpha value is -0.830. The van der Waals surface area contributed by atoms with Crippen molar-refractivity contribution >= 4 is 27.5 Å². The van der Waals surface area contributed by atoms with Gasteiger partial charge in [-0.05, 0) is 48.2 Å². The Labute approximate surface area is 121 Å². The lowest BCUT2D eigenvalue weighted by Crippen LogP contribution is -2.13. The summed E-state index contributed by atoms with van der Waals surface area (Å²) < 4.78 is 1.06. The standard InChI is InChI=1S/C15H15BrClN/c1-10-6-12(8-13(16)7-10)15(18)9-11-4-2-3-5-14(11)17/h2-8,15H,9,18H2,1H3. The molecule has 0 aliphatic heterocycles. The lowest BCUT2D eigenvalue weighted by atomic mass is 9.98. The molecule has 1 nitrogen and oxygen atoms in total. The van der Waals surface area contributed by atoms with Crippen LogP contribution in [0.25, 0.3) is 0 Å². The predicted octanol–water partition coefficient (Wildman–Crippen LogP) is 4.65. The van der Waals surface area contributed by atoms with E-state index in [1.165, 1.54) is 5.56 Å². The number of halogens is 2. The van der Waals surface area contributed by atoms with Gasteiger partial charge in [0.1, 0.15) is 0 Å². The molecule has 0 spiro atoms. The van der Waals surface area contributed by atoms with Gasteiger partial charge in [-0.3, -0.25) is 0 Å². The summed E-state index contributed by atoms with van der Waals surface area (Å²) in [6.07, 6.45) is 0.746. The molecule has 1 unspecified atom stereocenters. The number of benzene rings is 2. The highest BCUT2D eigenvalue weighted by Gasteiger charge is 2.10. The molecule has 2 N–H and O–H groups in total. The Balaban J connectivity index is 2.22. The smallest absolute Gasteiger partial charge is 0.0438 e. The second-order valence-corrected chi connectivity index (χ2v) is 5.79. The minimum atomic E-state index is -0.0406. The molecule has 2 rings (SSSR count). The average Bonchev–Trinajstić information content (AvgIpc) is 2.31. The zero-order valence-electron chi connectivity index (χ0n) is 10.2. The first-order valence-corrected chi connectivity index (χ1v) is 6.99. The van der Waals surface area contributed by atoms with Crippen LogP contribution in [0.5, 0.6) is 0 Å². The molecule has 0 amide bonds. The van der Waals surface area contributed by atoms with Crippen LogP contribution in [0.4, 0.5) is 0 Å². The maximum absolute atomic E-state index is 6.25. The first-order chi connectivity index (χ1) is 8.56. The number of hydrogen-bond acceptors (Lipinski definition) is 1. The van der Waals surface area contributed by atoms with Gasteiger partial charge in [0.25, 0.3) is 0 Å². The van der Waals surface area contributed by atoms with E-state index in [0.717, 1.165) is 27.0 Å². The molecule has 0 radical (unpaired) electrons. The highest BCUT2D eigenvalue weighted by molar-refractivity contribution is 9.10. The number of aryl methyl sites for hydroxylation is 1. The third-order valence-electron chi connectivity index (χ3n) is 2.89. The predicted molar refractivity (Wildman–Crippen MR) is 81.0 cm³/mol. The van der Waals surface area contributed by atoms with E-state index >= 15 is 0 Å². The van der Waals surface area contributed by atoms with Crippen LogP contribution in [0.1, 0.15) is 22.7 Å². The van der Waals surface area contributed by atoms with E-state index in [1.54, 1.807) is 0 Å². The van der Waals surface area contributed by atoms with Gasteiger partial charge in [0, 0.05) is 15.5 Å². The molecule has 2 aromatic carbocycles. The van der Waals surface area contributed by atoms with Gasteiger partial charge in [-0.1, -0.05) is 51.8 Å². The van der Waals surface area contributed by atoms with E-state index in [0.29, 0.717) is 0 Å². The van der Waals surface area contributed by atoms with E-state index in [1.807, 2.05) is 24.3 Å². The van der Waals surface area contributed by atoms with Gasteiger partial charge < -0.3 is 5.73 Å². The van der Waals surface area contributed by atoms with Crippen LogP contribution in [-0.2, 0) is 6.42 Å². The fourth-order valence-electron chi connectivity index (χ4n) is 2.00. The minimum Gasteiger partial charge on any atom is -0.324 e. The Morgan fingerprint density at radius 1 is 1.22 bits per heavy atom. The average molecular weight is 325 g/mol. The fourth-order valence-corrected chi connectivity index (χ4v) is 2.84. The number of hydrogen-bond donors (Lipinski definition) is 1. The van der Waals surface area contributed by atoms with Gasteiger partial charge >= 0.3 is 0 Å². The molecule has 3 heteroatoms. The molecule has 0 fully saturated rings. The molecule has 0 heterocycles. The molecule has 0 saturated carbocycles. The molecule has 2 aromatic rings. The summed E-state index contributed by atoms with van der Waals surface area (Å²) >= 11 is 9.65. The summed E-state index contributed by atoms with van der Waals surface area (Å²) in [4.78, 5) is 0. The van der Waals surface area contributed by atoms with Crippen molar-refractivity contribution < 1.29 is 0 Å². The van der Waals surface area contributed by atoms with Crippen molar-refractivity contribution in [2.24, 2.45) is 5.73 Å². The molecule has 1 atom stereocenters. The van der Waals surface area contributed by atoms with E-state index in [-0.39, 0.29) is 6.04 Å². The summed E-state index contributed by atoms with van der Waals surface area (Å²) in [5.41, 5.74) is 9.67. The minimum absolute atomic E-state index is 0.0406. The SMILES string of the molecule is Cc1cc(Br)cc(C(N)Cc2ccccc2Cl)c1. The lowest BCUT2D eigenvalue weighted by molar-refractivity contribution is 0.721. The van der Waals surface area contributed by atoms with Crippen molar-refractivity contribution in [3.8, 4) is 0 Å². The topological polar surface area (TPSA) is 26.0 Å². The first kappa shape index (κ1) is 13.6. The maximum Gasteiger partial charge on any atom is 0.0438 e. The Morgan fingerprint density at radius 2 is 1.94 bits per heavy atom. The van der Waals surface area contributed by atoms with Gasteiger partial charge in [-0.2, -0.15) is 0 Å². The summed E-state index contributed by atoms with van der Waals surface area (Å²) in [6.45, 7) is 2.07. The molecule has 0 aromatic heterocycles. The number of nitrogens with two attached hydrogens (primary N) is 1. The number of rotatable bonds is 3. The lowest BCUT2D eigenvalue weighted by Gasteiger charge is -2.14. The van der Waals surface area contributed by atoms with Crippen molar-refractivity contribution in [2.75, 3.05) is 0 Å². The van der Waals surface area contributed by atoms with E-state index < -0.39 is 0 Å². The third kappa shape index (κ3) is 3.35. The van der Waals surface area contributed by atoms with Gasteiger partial charge in [-0.15, -0.1) is 0 Å². The van der Waals surface area contributed by atoms with Crippen molar-refractivity contribution in [1.82, 2.24) is 0 Å². The van der Waals surface area contributed by atoms with Crippen LogP contribution in [0.2, 0.25) is 5.02 Å². The second-order valence-electron chi connectivity index (χ2n) is 4.46. The zero-order chi connectivity index (χ0) is 13.1. The summed E-state index contributed by atoms with van der Waals surface area (Å²) in [7, 11) is 0. The van der Waals surface area contributed by atoms with Gasteiger partial charge in [0.15, 0.2) is 0 Å². The quantitative estimate of drug-likeness (QED) is 0.873. The molecular formula is C15H15BrClN. The largest absolute Gasteiger partial charge is 0.324 e. The maximum atomic E-state index is 6.25. The molecular weight excluding hydrogens is 310 g/mol. The Kier molecular flexibility index (Phi) is 4.44. The van der Waals surface area contributed by atoms with Crippen molar-refractivity contribution in [2.45, 2.75) is 19.4 Å². The van der Waals surface area contributed by atoms with Crippen LogP contribution in [0.15, 0.2) is 46.9 Å². The van der Waals surface area contributed by atoms with Crippen molar-refractivity contribution in [3.63, 3.8) is 0 Å². The second kappa shape index (κ2) is 5.87. The van der Waals surface area contributed by atoms with Crippen LogP contribution in [0.3, 0.4) is 0 Å². The molecule has 0 aliphatic carbocycles. The van der Waals surface area contributed by atoms with Crippen LogP contribution in [-0.4, -0.2) is 0 Å². The van der Waals surface area contributed by atoms with Gasteiger partial charge in [0.2, 0.25) is 0 Å². The van der Waals surface area contributed by atoms with Crippen LogP contribution >= 0.6 is 27.5 Å². The molecule has 94 valence electrons.